The predicted molar refractivity (Wildman–Crippen MR) is 61.1 cm³/mol. The SMILES string of the molecule is CC(=O)C1CCCCN1CC(=O)OC(C)C. The molecule has 0 radical (unpaired) electrons. The minimum atomic E-state index is -0.233. The summed E-state index contributed by atoms with van der Waals surface area (Å²) in [5.41, 5.74) is 0. The lowest BCUT2D eigenvalue weighted by Gasteiger charge is -2.33. The Balaban J connectivity index is 2.49. The number of hydrogen-bond donors (Lipinski definition) is 0. The van der Waals surface area contributed by atoms with Gasteiger partial charge in [0.15, 0.2) is 0 Å². The lowest BCUT2D eigenvalue weighted by atomic mass is 9.99. The maximum atomic E-state index is 11.5. The van der Waals surface area contributed by atoms with Crippen molar-refractivity contribution < 1.29 is 14.3 Å². The number of nitrogens with zero attached hydrogens (tertiary/aromatic N) is 1. The second kappa shape index (κ2) is 5.99. The minimum Gasteiger partial charge on any atom is -0.462 e. The van der Waals surface area contributed by atoms with E-state index in [4.69, 9.17) is 4.74 Å². The van der Waals surface area contributed by atoms with Crippen LogP contribution in [-0.4, -0.2) is 41.9 Å². The predicted octanol–water partition coefficient (Wildman–Crippen LogP) is 1.38. The molecule has 92 valence electrons. The van der Waals surface area contributed by atoms with Gasteiger partial charge >= 0.3 is 5.97 Å². The first-order chi connectivity index (χ1) is 7.50. The van der Waals surface area contributed by atoms with Crippen LogP contribution in [0.15, 0.2) is 0 Å². The normalized spacial score (nSPS) is 22.1. The molecule has 0 N–H and O–H groups in total. The number of carbonyl (C=O) groups excluding carboxylic acids is 2. The molecule has 0 aromatic carbocycles. The Morgan fingerprint density at radius 1 is 1.38 bits per heavy atom. The summed E-state index contributed by atoms with van der Waals surface area (Å²) < 4.78 is 5.09. The summed E-state index contributed by atoms with van der Waals surface area (Å²) in [5.74, 6) is -0.0832. The van der Waals surface area contributed by atoms with Crippen LogP contribution in [0.25, 0.3) is 0 Å². The molecular weight excluding hydrogens is 206 g/mol. The van der Waals surface area contributed by atoms with Crippen molar-refractivity contribution >= 4 is 11.8 Å². The van der Waals surface area contributed by atoms with Crippen LogP contribution < -0.4 is 0 Å². The van der Waals surface area contributed by atoms with E-state index in [9.17, 15) is 9.59 Å². The maximum absolute atomic E-state index is 11.5. The molecule has 1 aliphatic rings. The van der Waals surface area contributed by atoms with Crippen LogP contribution >= 0.6 is 0 Å². The molecule has 1 atom stereocenters. The Kier molecular flexibility index (Phi) is 4.93. The summed E-state index contributed by atoms with van der Waals surface area (Å²) in [6.07, 6.45) is 2.90. The molecule has 1 fully saturated rings. The molecular formula is C12H21NO3. The van der Waals surface area contributed by atoms with Gasteiger partial charge in [0.25, 0.3) is 0 Å². The average molecular weight is 227 g/mol. The van der Waals surface area contributed by atoms with Gasteiger partial charge in [0.05, 0.1) is 18.7 Å². The second-order valence-corrected chi connectivity index (χ2v) is 4.63. The Labute approximate surface area is 96.9 Å². The van der Waals surface area contributed by atoms with Gasteiger partial charge in [0, 0.05) is 0 Å². The number of esters is 1. The van der Waals surface area contributed by atoms with Gasteiger partial charge in [0.2, 0.25) is 0 Å². The van der Waals surface area contributed by atoms with E-state index >= 15 is 0 Å². The topological polar surface area (TPSA) is 46.6 Å². The van der Waals surface area contributed by atoms with Gasteiger partial charge in [-0.3, -0.25) is 14.5 Å². The Bertz CT molecular complexity index is 263. The fourth-order valence-corrected chi connectivity index (χ4v) is 2.11. The second-order valence-electron chi connectivity index (χ2n) is 4.63. The highest BCUT2D eigenvalue weighted by Crippen LogP contribution is 2.17. The zero-order valence-electron chi connectivity index (χ0n) is 10.4. The van der Waals surface area contributed by atoms with Crippen molar-refractivity contribution in [3.63, 3.8) is 0 Å². The van der Waals surface area contributed by atoms with Crippen molar-refractivity contribution in [2.24, 2.45) is 0 Å². The summed E-state index contributed by atoms with van der Waals surface area (Å²) in [4.78, 5) is 24.9. The van der Waals surface area contributed by atoms with Crippen molar-refractivity contribution in [2.75, 3.05) is 13.1 Å². The van der Waals surface area contributed by atoms with Crippen LogP contribution in [0.4, 0.5) is 0 Å². The summed E-state index contributed by atoms with van der Waals surface area (Å²) in [6, 6.07) is -0.0894. The molecule has 0 spiro atoms. The van der Waals surface area contributed by atoms with E-state index in [0.717, 1.165) is 25.8 Å². The summed E-state index contributed by atoms with van der Waals surface area (Å²) in [5, 5.41) is 0. The summed E-state index contributed by atoms with van der Waals surface area (Å²) in [7, 11) is 0. The van der Waals surface area contributed by atoms with Gasteiger partial charge in [0.1, 0.15) is 5.78 Å². The Morgan fingerprint density at radius 2 is 2.06 bits per heavy atom. The van der Waals surface area contributed by atoms with Crippen LogP contribution in [-0.2, 0) is 14.3 Å². The van der Waals surface area contributed by atoms with E-state index in [0.29, 0.717) is 0 Å². The number of Topliss-reactive ketones (excluding diaryl/α,β-unsaturated/α-hetero) is 1. The molecule has 0 bridgehead atoms. The van der Waals surface area contributed by atoms with Gasteiger partial charge in [-0.15, -0.1) is 0 Å². The molecule has 1 unspecified atom stereocenters. The number of ketones is 1. The molecule has 1 heterocycles. The highest BCUT2D eigenvalue weighted by Gasteiger charge is 2.27. The van der Waals surface area contributed by atoms with E-state index < -0.39 is 0 Å². The van der Waals surface area contributed by atoms with Crippen LogP contribution in [0, 0.1) is 0 Å². The summed E-state index contributed by atoms with van der Waals surface area (Å²) >= 11 is 0. The first kappa shape index (κ1) is 13.2. The molecule has 0 aliphatic carbocycles. The van der Waals surface area contributed by atoms with Gasteiger partial charge in [-0.1, -0.05) is 6.42 Å². The van der Waals surface area contributed by atoms with Gasteiger partial charge in [-0.05, 0) is 40.2 Å². The van der Waals surface area contributed by atoms with Crippen LogP contribution in [0.3, 0.4) is 0 Å². The third-order valence-corrected chi connectivity index (χ3v) is 2.78. The van der Waals surface area contributed by atoms with Gasteiger partial charge < -0.3 is 4.74 Å². The fourth-order valence-electron chi connectivity index (χ4n) is 2.11. The van der Waals surface area contributed by atoms with Crippen molar-refractivity contribution in [1.29, 1.82) is 0 Å². The van der Waals surface area contributed by atoms with Crippen LogP contribution in [0.1, 0.15) is 40.0 Å². The quantitative estimate of drug-likeness (QED) is 0.681. The zero-order valence-corrected chi connectivity index (χ0v) is 10.4. The monoisotopic (exact) mass is 227 g/mol. The van der Waals surface area contributed by atoms with E-state index in [1.807, 2.05) is 18.7 Å². The smallest absolute Gasteiger partial charge is 0.320 e. The Morgan fingerprint density at radius 3 is 2.62 bits per heavy atom. The Hall–Kier alpha value is -0.900. The fraction of sp³-hybridized carbons (Fsp3) is 0.833. The molecule has 4 heteroatoms. The number of rotatable bonds is 4. The molecule has 16 heavy (non-hydrogen) atoms. The number of carbonyl (C=O) groups is 2. The van der Waals surface area contributed by atoms with E-state index in [1.54, 1.807) is 6.92 Å². The highest BCUT2D eigenvalue weighted by atomic mass is 16.5. The zero-order chi connectivity index (χ0) is 12.1. The van der Waals surface area contributed by atoms with E-state index in [-0.39, 0.29) is 30.4 Å². The number of ether oxygens (including phenoxy) is 1. The molecule has 0 amide bonds. The molecule has 0 aromatic rings. The van der Waals surface area contributed by atoms with E-state index in [1.165, 1.54) is 0 Å². The van der Waals surface area contributed by atoms with E-state index in [2.05, 4.69) is 0 Å². The molecule has 4 nitrogen and oxygen atoms in total. The van der Waals surface area contributed by atoms with Crippen molar-refractivity contribution in [3.05, 3.63) is 0 Å². The average Bonchev–Trinajstić information content (AvgIpc) is 2.16. The van der Waals surface area contributed by atoms with Crippen molar-refractivity contribution in [3.8, 4) is 0 Å². The molecule has 1 aliphatic heterocycles. The molecule has 0 aromatic heterocycles. The number of hydrogen-bond acceptors (Lipinski definition) is 4. The summed E-state index contributed by atoms with van der Waals surface area (Å²) in [6.45, 7) is 6.31. The maximum Gasteiger partial charge on any atom is 0.320 e. The van der Waals surface area contributed by atoms with Gasteiger partial charge in [-0.2, -0.15) is 0 Å². The first-order valence-corrected chi connectivity index (χ1v) is 5.94. The van der Waals surface area contributed by atoms with Crippen molar-refractivity contribution in [2.45, 2.75) is 52.2 Å². The third-order valence-electron chi connectivity index (χ3n) is 2.78. The molecule has 0 saturated carbocycles. The minimum absolute atomic E-state index is 0.0894. The lowest BCUT2D eigenvalue weighted by molar-refractivity contribution is -0.150. The van der Waals surface area contributed by atoms with Gasteiger partial charge in [-0.25, -0.2) is 0 Å². The molecule has 1 rings (SSSR count). The van der Waals surface area contributed by atoms with Crippen LogP contribution in [0.5, 0.6) is 0 Å². The first-order valence-electron chi connectivity index (χ1n) is 5.94. The third kappa shape index (κ3) is 3.93. The standard InChI is InChI=1S/C12H21NO3/c1-9(2)16-12(15)8-13-7-5-4-6-11(13)10(3)14/h9,11H,4-8H2,1-3H3. The number of piperidine rings is 1. The number of likely N-dealkylation sites (tertiary alicyclic amines) is 1. The molecule has 1 saturated heterocycles. The highest BCUT2D eigenvalue weighted by molar-refractivity contribution is 5.82. The van der Waals surface area contributed by atoms with Crippen LogP contribution in [0.2, 0.25) is 0 Å². The largest absolute Gasteiger partial charge is 0.462 e. The lowest BCUT2D eigenvalue weighted by Crippen LogP contribution is -2.46. The van der Waals surface area contributed by atoms with Crippen molar-refractivity contribution in [1.82, 2.24) is 4.90 Å².